The highest BCUT2D eigenvalue weighted by atomic mass is 16.5. The molecule has 0 bridgehead atoms. The fourth-order valence-corrected chi connectivity index (χ4v) is 1.17. The highest BCUT2D eigenvalue weighted by Crippen LogP contribution is 2.18. The summed E-state index contributed by atoms with van der Waals surface area (Å²) in [5, 5.41) is 2.86. The van der Waals surface area contributed by atoms with Gasteiger partial charge >= 0.3 is 5.97 Å². The van der Waals surface area contributed by atoms with Gasteiger partial charge in [0.25, 0.3) is 0 Å². The molecule has 4 N–H and O–H groups in total. The molecular formula is C9H15N5O2. The van der Waals surface area contributed by atoms with Crippen LogP contribution in [0.3, 0.4) is 0 Å². The van der Waals surface area contributed by atoms with Crippen LogP contribution in [-0.4, -0.2) is 29.6 Å². The van der Waals surface area contributed by atoms with Gasteiger partial charge in [-0.05, 0) is 13.8 Å². The van der Waals surface area contributed by atoms with E-state index in [4.69, 9.17) is 5.84 Å². The molecule has 0 fully saturated rings. The minimum atomic E-state index is -0.363. The number of nitrogens with zero attached hydrogens (tertiary/aromatic N) is 2. The summed E-state index contributed by atoms with van der Waals surface area (Å²) >= 11 is 0. The molecule has 0 aromatic carbocycles. The highest BCUT2D eigenvalue weighted by Gasteiger charge is 2.09. The Hall–Kier alpha value is -1.89. The van der Waals surface area contributed by atoms with Crippen LogP contribution in [0.15, 0.2) is 0 Å². The molecule has 0 amide bonds. The molecule has 7 heteroatoms. The number of hydrogen-bond acceptors (Lipinski definition) is 7. The lowest BCUT2D eigenvalue weighted by atomic mass is 10.3. The lowest BCUT2D eigenvalue weighted by Gasteiger charge is -2.11. The molecule has 0 spiro atoms. The van der Waals surface area contributed by atoms with Gasteiger partial charge in [0.05, 0.1) is 7.11 Å². The van der Waals surface area contributed by atoms with Crippen LogP contribution in [0.1, 0.15) is 11.4 Å². The third-order valence-corrected chi connectivity index (χ3v) is 2.02. The van der Waals surface area contributed by atoms with Crippen molar-refractivity contribution in [3.63, 3.8) is 0 Å². The summed E-state index contributed by atoms with van der Waals surface area (Å²) in [6.45, 7) is 3.59. The number of nitrogen functional groups attached to an aromatic ring is 1. The van der Waals surface area contributed by atoms with Crippen molar-refractivity contribution >= 4 is 17.6 Å². The number of ether oxygens (including phenoxy) is 1. The van der Waals surface area contributed by atoms with Gasteiger partial charge in [0.15, 0.2) is 0 Å². The summed E-state index contributed by atoms with van der Waals surface area (Å²) < 4.78 is 4.51. The zero-order valence-corrected chi connectivity index (χ0v) is 9.50. The Labute approximate surface area is 93.4 Å². The lowest BCUT2D eigenvalue weighted by Crippen LogP contribution is -2.18. The number of carbonyl (C=O) groups excluding carboxylic acids is 1. The van der Waals surface area contributed by atoms with Gasteiger partial charge in [-0.1, -0.05) is 0 Å². The van der Waals surface area contributed by atoms with Crippen molar-refractivity contribution in [3.8, 4) is 0 Å². The second-order valence-electron chi connectivity index (χ2n) is 3.17. The SMILES string of the molecule is COC(=O)CNc1nc(C)nc(NN)c1C. The molecule has 88 valence electrons. The maximum Gasteiger partial charge on any atom is 0.325 e. The summed E-state index contributed by atoms with van der Waals surface area (Å²) in [5.41, 5.74) is 3.22. The second-order valence-corrected chi connectivity index (χ2v) is 3.17. The summed E-state index contributed by atoms with van der Waals surface area (Å²) in [7, 11) is 1.33. The summed E-state index contributed by atoms with van der Waals surface area (Å²) in [6, 6.07) is 0. The Morgan fingerprint density at radius 3 is 2.56 bits per heavy atom. The number of esters is 1. The molecule has 0 unspecified atom stereocenters. The number of carbonyl (C=O) groups is 1. The second kappa shape index (κ2) is 5.26. The van der Waals surface area contributed by atoms with Gasteiger partial charge < -0.3 is 15.5 Å². The minimum absolute atomic E-state index is 0.0534. The Morgan fingerprint density at radius 2 is 2.00 bits per heavy atom. The summed E-state index contributed by atoms with van der Waals surface area (Å²) in [5.74, 6) is 6.60. The molecule has 0 atom stereocenters. The van der Waals surface area contributed by atoms with Crippen LogP contribution in [0.5, 0.6) is 0 Å². The largest absolute Gasteiger partial charge is 0.468 e. The molecule has 1 aromatic heterocycles. The predicted octanol–water partition coefficient (Wildman–Crippen LogP) is -0.0361. The zero-order valence-electron chi connectivity index (χ0n) is 9.50. The van der Waals surface area contributed by atoms with Gasteiger partial charge in [0, 0.05) is 5.56 Å². The maximum atomic E-state index is 11.0. The van der Waals surface area contributed by atoms with Crippen LogP contribution in [0, 0.1) is 13.8 Å². The minimum Gasteiger partial charge on any atom is -0.468 e. The van der Waals surface area contributed by atoms with E-state index in [1.807, 2.05) is 0 Å². The number of rotatable bonds is 4. The quantitative estimate of drug-likeness (QED) is 0.375. The maximum absolute atomic E-state index is 11.0. The van der Waals surface area contributed by atoms with E-state index >= 15 is 0 Å². The van der Waals surface area contributed by atoms with Gasteiger partial charge in [-0.2, -0.15) is 0 Å². The number of aromatic nitrogens is 2. The van der Waals surface area contributed by atoms with E-state index in [-0.39, 0.29) is 12.5 Å². The molecule has 0 aliphatic heterocycles. The molecule has 16 heavy (non-hydrogen) atoms. The number of aryl methyl sites for hydroxylation is 1. The first-order valence-electron chi connectivity index (χ1n) is 4.71. The van der Waals surface area contributed by atoms with E-state index in [0.29, 0.717) is 17.5 Å². The van der Waals surface area contributed by atoms with Crippen molar-refractivity contribution in [2.75, 3.05) is 24.4 Å². The van der Waals surface area contributed by atoms with Gasteiger partial charge in [-0.25, -0.2) is 15.8 Å². The van der Waals surface area contributed by atoms with Crippen molar-refractivity contribution in [2.45, 2.75) is 13.8 Å². The molecule has 0 radical (unpaired) electrons. The van der Waals surface area contributed by atoms with Crippen LogP contribution >= 0.6 is 0 Å². The number of hydrogen-bond donors (Lipinski definition) is 3. The van der Waals surface area contributed by atoms with Crippen molar-refractivity contribution in [2.24, 2.45) is 5.84 Å². The van der Waals surface area contributed by atoms with Crippen LogP contribution in [0.2, 0.25) is 0 Å². The van der Waals surface area contributed by atoms with E-state index < -0.39 is 0 Å². The van der Waals surface area contributed by atoms with Crippen LogP contribution < -0.4 is 16.6 Å². The molecule has 1 heterocycles. The van der Waals surface area contributed by atoms with Crippen LogP contribution in [0.25, 0.3) is 0 Å². The first-order chi connectivity index (χ1) is 7.58. The van der Waals surface area contributed by atoms with Crippen molar-refractivity contribution in [3.05, 3.63) is 11.4 Å². The van der Waals surface area contributed by atoms with Gasteiger partial charge in [0.1, 0.15) is 24.0 Å². The van der Waals surface area contributed by atoms with Crippen LogP contribution in [-0.2, 0) is 9.53 Å². The lowest BCUT2D eigenvalue weighted by molar-refractivity contribution is -0.138. The van der Waals surface area contributed by atoms with Crippen LogP contribution in [0.4, 0.5) is 11.6 Å². The van der Waals surface area contributed by atoms with E-state index in [9.17, 15) is 4.79 Å². The molecule has 1 aromatic rings. The Kier molecular flexibility index (Phi) is 4.01. The average molecular weight is 225 g/mol. The number of nitrogens with two attached hydrogens (primary N) is 1. The van der Waals surface area contributed by atoms with Gasteiger partial charge in [-0.15, -0.1) is 0 Å². The molecule has 1 rings (SSSR count). The molecule has 7 nitrogen and oxygen atoms in total. The van der Waals surface area contributed by atoms with Gasteiger partial charge in [-0.3, -0.25) is 4.79 Å². The third kappa shape index (κ3) is 2.80. The average Bonchev–Trinajstić information content (AvgIpc) is 2.29. The standard InChI is InChI=1S/C9H15N5O2/c1-5-8(11-4-7(15)16-3)12-6(2)13-9(5)14-10/h4,10H2,1-3H3,(H2,11,12,13,14). The van der Waals surface area contributed by atoms with E-state index in [1.165, 1.54) is 7.11 Å². The third-order valence-electron chi connectivity index (χ3n) is 2.02. The van der Waals surface area contributed by atoms with E-state index in [1.54, 1.807) is 13.8 Å². The Balaban J connectivity index is 2.87. The smallest absolute Gasteiger partial charge is 0.325 e. The normalized spacial score (nSPS) is 9.75. The highest BCUT2D eigenvalue weighted by molar-refractivity contribution is 5.75. The summed E-state index contributed by atoms with van der Waals surface area (Å²) in [4.78, 5) is 19.2. The number of nitrogens with one attached hydrogen (secondary N) is 2. The first-order valence-corrected chi connectivity index (χ1v) is 4.71. The molecule has 0 saturated heterocycles. The molecule has 0 aliphatic carbocycles. The zero-order chi connectivity index (χ0) is 12.1. The monoisotopic (exact) mass is 225 g/mol. The van der Waals surface area contributed by atoms with E-state index in [0.717, 1.165) is 5.56 Å². The topological polar surface area (TPSA) is 102 Å². The fraction of sp³-hybridized carbons (Fsp3) is 0.444. The number of anilines is 2. The first kappa shape index (κ1) is 12.2. The van der Waals surface area contributed by atoms with Crippen molar-refractivity contribution in [1.82, 2.24) is 9.97 Å². The van der Waals surface area contributed by atoms with Crippen molar-refractivity contribution in [1.29, 1.82) is 0 Å². The Bertz CT molecular complexity index is 394. The predicted molar refractivity (Wildman–Crippen MR) is 59.8 cm³/mol. The summed E-state index contributed by atoms with van der Waals surface area (Å²) in [6.07, 6.45) is 0. The Morgan fingerprint density at radius 1 is 1.38 bits per heavy atom. The molecule has 0 aliphatic rings. The fourth-order valence-electron chi connectivity index (χ4n) is 1.17. The van der Waals surface area contributed by atoms with Crippen molar-refractivity contribution < 1.29 is 9.53 Å². The van der Waals surface area contributed by atoms with Gasteiger partial charge in [0.2, 0.25) is 0 Å². The number of methoxy groups -OCH3 is 1. The van der Waals surface area contributed by atoms with E-state index in [2.05, 4.69) is 25.4 Å². The molecule has 0 saturated carbocycles. The number of hydrazine groups is 1. The molecular weight excluding hydrogens is 210 g/mol.